The van der Waals surface area contributed by atoms with Gasteiger partial charge in [-0.25, -0.2) is 17.6 Å². The van der Waals surface area contributed by atoms with E-state index in [4.69, 9.17) is 0 Å². The van der Waals surface area contributed by atoms with Crippen molar-refractivity contribution in [3.63, 3.8) is 0 Å². The summed E-state index contributed by atoms with van der Waals surface area (Å²) in [4.78, 5) is 12.8. The van der Waals surface area contributed by atoms with Crippen molar-refractivity contribution in [2.24, 2.45) is 0 Å². The summed E-state index contributed by atoms with van der Waals surface area (Å²) in [5.41, 5.74) is -0.0255. The number of nitrogens with one attached hydrogen (secondary N) is 1. The number of aromatic nitrogens is 4. The maximum Gasteiger partial charge on any atom is 0.248 e. The highest BCUT2D eigenvalue weighted by Crippen LogP contribution is 2.19. The SMILES string of the molecule is O=C(Cn1nnc(-c2ccc(F)cc2)n1)Nc1ccc(F)c(F)c1F. The predicted octanol–water partition coefficient (Wildman–Crippen LogP) is 2.54. The van der Waals surface area contributed by atoms with Gasteiger partial charge in [0.15, 0.2) is 17.5 Å². The molecule has 25 heavy (non-hydrogen) atoms. The molecule has 3 aromatic rings. The van der Waals surface area contributed by atoms with E-state index in [0.29, 0.717) is 11.6 Å². The second-order valence-electron chi connectivity index (χ2n) is 4.92. The van der Waals surface area contributed by atoms with E-state index in [1.165, 1.54) is 24.3 Å². The van der Waals surface area contributed by atoms with E-state index in [9.17, 15) is 22.4 Å². The number of halogens is 4. The maximum atomic E-state index is 13.5. The molecule has 128 valence electrons. The molecule has 1 amide bonds. The monoisotopic (exact) mass is 351 g/mol. The minimum absolute atomic E-state index is 0.159. The Balaban J connectivity index is 1.70. The third-order valence-electron chi connectivity index (χ3n) is 3.15. The van der Waals surface area contributed by atoms with E-state index < -0.39 is 41.4 Å². The number of rotatable bonds is 4. The summed E-state index contributed by atoms with van der Waals surface area (Å²) in [6.07, 6.45) is 0. The van der Waals surface area contributed by atoms with Gasteiger partial charge in [0.1, 0.15) is 12.4 Å². The standard InChI is InChI=1S/C15H9F4N5O/c16-9-3-1-8(2-4-9)15-21-23-24(22-15)7-12(25)20-11-6-5-10(17)13(18)14(11)19/h1-6H,7H2,(H,20,25). The highest BCUT2D eigenvalue weighted by Gasteiger charge is 2.16. The minimum Gasteiger partial charge on any atom is -0.322 e. The van der Waals surface area contributed by atoms with Crippen LogP contribution in [0.1, 0.15) is 0 Å². The lowest BCUT2D eigenvalue weighted by Crippen LogP contribution is -2.21. The van der Waals surface area contributed by atoms with Crippen molar-refractivity contribution in [3.05, 3.63) is 59.7 Å². The normalized spacial score (nSPS) is 10.7. The Morgan fingerprint density at radius 2 is 1.72 bits per heavy atom. The van der Waals surface area contributed by atoms with E-state index in [2.05, 4.69) is 20.7 Å². The van der Waals surface area contributed by atoms with Crippen molar-refractivity contribution in [3.8, 4) is 11.4 Å². The molecule has 0 aliphatic heterocycles. The number of nitrogens with zero attached hydrogens (tertiary/aromatic N) is 4. The molecule has 0 spiro atoms. The fourth-order valence-electron chi connectivity index (χ4n) is 1.97. The summed E-state index contributed by atoms with van der Waals surface area (Å²) >= 11 is 0. The molecule has 6 nitrogen and oxygen atoms in total. The number of carbonyl (C=O) groups is 1. The number of carbonyl (C=O) groups excluding carboxylic acids is 1. The van der Waals surface area contributed by atoms with Gasteiger partial charge in [0, 0.05) is 5.56 Å². The third-order valence-corrected chi connectivity index (χ3v) is 3.15. The van der Waals surface area contributed by atoms with Gasteiger partial charge in [0.2, 0.25) is 11.7 Å². The fourth-order valence-corrected chi connectivity index (χ4v) is 1.97. The van der Waals surface area contributed by atoms with Crippen molar-refractivity contribution in [1.82, 2.24) is 20.2 Å². The Morgan fingerprint density at radius 3 is 2.44 bits per heavy atom. The molecule has 0 unspecified atom stereocenters. The van der Waals surface area contributed by atoms with E-state index in [1.807, 2.05) is 0 Å². The van der Waals surface area contributed by atoms with Crippen LogP contribution in [0.25, 0.3) is 11.4 Å². The van der Waals surface area contributed by atoms with Crippen LogP contribution >= 0.6 is 0 Å². The van der Waals surface area contributed by atoms with Crippen molar-refractivity contribution in [2.45, 2.75) is 6.54 Å². The zero-order chi connectivity index (χ0) is 18.0. The molecule has 2 aromatic carbocycles. The average molecular weight is 351 g/mol. The molecular weight excluding hydrogens is 342 g/mol. The van der Waals surface area contributed by atoms with Crippen molar-refractivity contribution < 1.29 is 22.4 Å². The molecule has 1 heterocycles. The van der Waals surface area contributed by atoms with Gasteiger partial charge >= 0.3 is 0 Å². The number of hydrogen-bond donors (Lipinski definition) is 1. The molecule has 0 bridgehead atoms. The molecule has 0 saturated heterocycles. The van der Waals surface area contributed by atoms with Crippen molar-refractivity contribution in [2.75, 3.05) is 5.32 Å². The maximum absolute atomic E-state index is 13.5. The molecule has 10 heteroatoms. The molecule has 3 rings (SSSR count). The van der Waals surface area contributed by atoms with Gasteiger partial charge in [-0.2, -0.15) is 4.80 Å². The fraction of sp³-hybridized carbons (Fsp3) is 0.0667. The van der Waals surface area contributed by atoms with Gasteiger partial charge < -0.3 is 5.32 Å². The highest BCUT2D eigenvalue weighted by molar-refractivity contribution is 5.90. The summed E-state index contributed by atoms with van der Waals surface area (Å²) in [6, 6.07) is 6.89. The Labute approximate surface area is 138 Å². The van der Waals surface area contributed by atoms with Gasteiger partial charge in [-0.1, -0.05) is 0 Å². The lowest BCUT2D eigenvalue weighted by Gasteiger charge is -2.06. The summed E-state index contributed by atoms with van der Waals surface area (Å²) in [6.45, 7) is -0.438. The van der Waals surface area contributed by atoms with Crippen LogP contribution in [0.3, 0.4) is 0 Å². The van der Waals surface area contributed by atoms with Crippen LogP contribution in [0, 0.1) is 23.3 Å². The Morgan fingerprint density at radius 1 is 1.00 bits per heavy atom. The van der Waals surface area contributed by atoms with Crippen molar-refractivity contribution >= 4 is 11.6 Å². The molecular formula is C15H9F4N5O. The highest BCUT2D eigenvalue weighted by atomic mass is 19.2. The van der Waals surface area contributed by atoms with E-state index >= 15 is 0 Å². The smallest absolute Gasteiger partial charge is 0.248 e. The summed E-state index contributed by atoms with van der Waals surface area (Å²) < 4.78 is 52.4. The average Bonchev–Trinajstić information content (AvgIpc) is 3.04. The molecule has 0 saturated carbocycles. The quantitative estimate of drug-likeness (QED) is 0.579. The lowest BCUT2D eigenvalue weighted by atomic mass is 10.2. The summed E-state index contributed by atoms with van der Waals surface area (Å²) in [7, 11) is 0. The van der Waals surface area contributed by atoms with Gasteiger partial charge in [0.25, 0.3) is 0 Å². The molecule has 0 aliphatic rings. The van der Waals surface area contributed by atoms with Gasteiger partial charge in [-0.15, -0.1) is 10.2 Å². The zero-order valence-electron chi connectivity index (χ0n) is 12.4. The van der Waals surface area contributed by atoms with Crippen LogP contribution in [-0.2, 0) is 11.3 Å². The second-order valence-corrected chi connectivity index (χ2v) is 4.92. The topological polar surface area (TPSA) is 72.7 Å². The molecule has 0 fully saturated rings. The van der Waals surface area contributed by atoms with Crippen LogP contribution in [-0.4, -0.2) is 26.1 Å². The number of amides is 1. The number of anilines is 1. The molecule has 0 aliphatic carbocycles. The second kappa shape index (κ2) is 6.67. The van der Waals surface area contributed by atoms with Crippen LogP contribution in [0.2, 0.25) is 0 Å². The first-order chi connectivity index (χ1) is 11.9. The zero-order valence-corrected chi connectivity index (χ0v) is 12.4. The first-order valence-electron chi connectivity index (χ1n) is 6.91. The lowest BCUT2D eigenvalue weighted by molar-refractivity contribution is -0.117. The largest absolute Gasteiger partial charge is 0.322 e. The summed E-state index contributed by atoms with van der Waals surface area (Å²) in [5.74, 6) is -5.59. The number of benzene rings is 2. The Bertz CT molecular complexity index is 926. The molecule has 0 atom stereocenters. The van der Waals surface area contributed by atoms with Gasteiger partial charge in [-0.05, 0) is 41.6 Å². The van der Waals surface area contributed by atoms with Crippen LogP contribution in [0.4, 0.5) is 23.2 Å². The minimum atomic E-state index is -1.68. The third kappa shape index (κ3) is 3.62. The first-order valence-corrected chi connectivity index (χ1v) is 6.91. The molecule has 0 radical (unpaired) electrons. The number of tetrazole rings is 1. The van der Waals surface area contributed by atoms with Gasteiger partial charge in [-0.3, -0.25) is 4.79 Å². The summed E-state index contributed by atoms with van der Waals surface area (Å²) in [5, 5.41) is 13.4. The van der Waals surface area contributed by atoms with Crippen LogP contribution in [0.5, 0.6) is 0 Å². The first kappa shape index (κ1) is 16.6. The van der Waals surface area contributed by atoms with Gasteiger partial charge in [0.05, 0.1) is 5.69 Å². The van der Waals surface area contributed by atoms with Crippen molar-refractivity contribution in [1.29, 1.82) is 0 Å². The Hall–Kier alpha value is -3.30. The number of hydrogen-bond acceptors (Lipinski definition) is 4. The van der Waals surface area contributed by atoms with E-state index in [0.717, 1.165) is 10.9 Å². The van der Waals surface area contributed by atoms with Crippen LogP contribution < -0.4 is 5.32 Å². The van der Waals surface area contributed by atoms with Crippen LogP contribution in [0.15, 0.2) is 36.4 Å². The molecule has 1 N–H and O–H groups in total. The van der Waals surface area contributed by atoms with E-state index in [-0.39, 0.29) is 5.82 Å². The predicted molar refractivity (Wildman–Crippen MR) is 78.2 cm³/mol. The Kier molecular flexibility index (Phi) is 4.42. The van der Waals surface area contributed by atoms with E-state index in [1.54, 1.807) is 0 Å². The molecule has 1 aromatic heterocycles.